The van der Waals surface area contributed by atoms with E-state index in [0.29, 0.717) is 36.4 Å². The Morgan fingerprint density at radius 3 is 2.60 bits per heavy atom. The second kappa shape index (κ2) is 7.45. The molecule has 3 heterocycles. The van der Waals surface area contributed by atoms with Crippen molar-refractivity contribution in [2.75, 3.05) is 13.1 Å². The zero-order chi connectivity index (χ0) is 20.3. The van der Waals surface area contributed by atoms with Crippen LogP contribution in [0.3, 0.4) is 0 Å². The van der Waals surface area contributed by atoms with Crippen LogP contribution in [0.1, 0.15) is 29.0 Å². The number of para-hydroxylation sites is 1. The number of carbonyl (C=O) groups excluding carboxylic acids is 1. The number of hydrogen-bond acceptors (Lipinski definition) is 5. The Hall–Kier alpha value is -2.84. The minimum atomic E-state index is -0.608. The van der Waals surface area contributed by atoms with Crippen LogP contribution in [0.2, 0.25) is 0 Å². The quantitative estimate of drug-likeness (QED) is 0.643. The van der Waals surface area contributed by atoms with Gasteiger partial charge in [0.15, 0.2) is 0 Å². The van der Waals surface area contributed by atoms with Gasteiger partial charge in [0, 0.05) is 19.1 Å². The molecule has 1 aliphatic heterocycles. The molecule has 1 saturated heterocycles. The molecule has 5 rings (SSSR count). The molecular weight excluding hydrogens is 408 g/mol. The van der Waals surface area contributed by atoms with E-state index >= 15 is 0 Å². The van der Waals surface area contributed by atoms with Gasteiger partial charge in [-0.3, -0.25) is 14.6 Å². The van der Waals surface area contributed by atoms with Crippen molar-refractivity contribution in [2.24, 2.45) is 17.6 Å². The lowest BCUT2D eigenvalue weighted by Crippen LogP contribution is -2.36. The summed E-state index contributed by atoms with van der Waals surface area (Å²) in [5.41, 5.74) is 5.71. The fraction of sp³-hybridized carbons (Fsp3) is 0.381. The maximum Gasteiger partial charge on any atom is 0.335 e. The van der Waals surface area contributed by atoms with Gasteiger partial charge in [0.1, 0.15) is 11.1 Å². The number of aromatic nitrogens is 2. The molecule has 3 unspecified atom stereocenters. The highest BCUT2D eigenvalue weighted by Gasteiger charge is 2.43. The third-order valence-corrected chi connectivity index (χ3v) is 6.35. The number of nitrogens with zero attached hydrogens (tertiary/aromatic N) is 2. The largest absolute Gasteiger partial charge is 0.444 e. The van der Waals surface area contributed by atoms with Gasteiger partial charge >= 0.3 is 5.69 Å². The minimum absolute atomic E-state index is 0. The molecule has 0 bridgehead atoms. The molecule has 1 saturated carbocycles. The van der Waals surface area contributed by atoms with Gasteiger partial charge < -0.3 is 15.1 Å². The average Bonchev–Trinajstić information content (AvgIpc) is 3.36. The molecule has 0 spiro atoms. The number of benzene rings is 1. The van der Waals surface area contributed by atoms with Gasteiger partial charge in [-0.1, -0.05) is 18.2 Å². The molecule has 9 heteroatoms. The highest BCUT2D eigenvalue weighted by Crippen LogP contribution is 2.38. The molecule has 2 aliphatic rings. The van der Waals surface area contributed by atoms with Gasteiger partial charge in [0.05, 0.1) is 11.3 Å². The smallest absolute Gasteiger partial charge is 0.335 e. The highest BCUT2D eigenvalue weighted by molar-refractivity contribution is 6.06. The van der Waals surface area contributed by atoms with Crippen molar-refractivity contribution in [3.05, 3.63) is 62.5 Å². The fourth-order valence-corrected chi connectivity index (χ4v) is 4.89. The van der Waals surface area contributed by atoms with Gasteiger partial charge in [0.25, 0.3) is 11.5 Å². The van der Waals surface area contributed by atoms with E-state index in [-0.39, 0.29) is 41.0 Å². The van der Waals surface area contributed by atoms with Gasteiger partial charge in [-0.2, -0.15) is 0 Å². The molecule has 0 radical (unpaired) electrons. The Morgan fingerprint density at radius 1 is 1.17 bits per heavy atom. The van der Waals surface area contributed by atoms with Crippen LogP contribution in [0.25, 0.3) is 16.8 Å². The third-order valence-electron chi connectivity index (χ3n) is 6.35. The number of halogens is 1. The molecule has 8 nitrogen and oxygen atoms in total. The zero-order valence-electron chi connectivity index (χ0n) is 16.5. The lowest BCUT2D eigenvalue weighted by Gasteiger charge is -2.18. The molecule has 1 aliphatic carbocycles. The summed E-state index contributed by atoms with van der Waals surface area (Å²) in [6, 6.07) is 8.73. The van der Waals surface area contributed by atoms with Crippen molar-refractivity contribution >= 4 is 29.4 Å². The minimum Gasteiger partial charge on any atom is -0.444 e. The number of hydrogen-bond donors (Lipinski definition) is 2. The number of fused-ring (bicyclic) bond motifs is 2. The van der Waals surface area contributed by atoms with Crippen molar-refractivity contribution in [2.45, 2.75) is 25.8 Å². The second-order valence-corrected chi connectivity index (χ2v) is 8.02. The van der Waals surface area contributed by atoms with Crippen molar-refractivity contribution in [3.63, 3.8) is 0 Å². The number of aromatic amines is 1. The van der Waals surface area contributed by atoms with Crippen molar-refractivity contribution in [1.29, 1.82) is 0 Å². The van der Waals surface area contributed by atoms with Gasteiger partial charge in [-0.15, -0.1) is 12.4 Å². The first-order valence-corrected chi connectivity index (χ1v) is 9.84. The van der Waals surface area contributed by atoms with Crippen LogP contribution in [0.4, 0.5) is 0 Å². The van der Waals surface area contributed by atoms with E-state index in [9.17, 15) is 14.4 Å². The van der Waals surface area contributed by atoms with Gasteiger partial charge in [-0.05, 0) is 43.7 Å². The van der Waals surface area contributed by atoms with Crippen LogP contribution in [0.15, 0.2) is 44.3 Å². The Balaban J connectivity index is 0.00000218. The number of rotatable bonds is 2. The lowest BCUT2D eigenvalue weighted by atomic mass is 9.98. The number of nitrogens with one attached hydrogen (secondary N) is 1. The summed E-state index contributed by atoms with van der Waals surface area (Å²) in [5.74, 6) is 0.794. The Bertz CT molecular complexity index is 1230. The number of furan rings is 1. The van der Waals surface area contributed by atoms with Gasteiger partial charge in [0.2, 0.25) is 5.71 Å². The predicted molar refractivity (Wildman–Crippen MR) is 115 cm³/mol. The number of nitrogens with two attached hydrogens (primary N) is 1. The van der Waals surface area contributed by atoms with Crippen LogP contribution in [-0.2, 0) is 0 Å². The number of aryl methyl sites for hydroxylation is 1. The average molecular weight is 431 g/mol. The Morgan fingerprint density at radius 2 is 1.90 bits per heavy atom. The first-order chi connectivity index (χ1) is 14.0. The number of H-pyrrole nitrogens is 1. The summed E-state index contributed by atoms with van der Waals surface area (Å²) in [4.78, 5) is 43.5. The monoisotopic (exact) mass is 430 g/mol. The van der Waals surface area contributed by atoms with E-state index in [2.05, 4.69) is 4.98 Å². The van der Waals surface area contributed by atoms with E-state index < -0.39 is 11.2 Å². The highest BCUT2D eigenvalue weighted by atomic mass is 35.5. The van der Waals surface area contributed by atoms with Crippen molar-refractivity contribution in [1.82, 2.24) is 14.5 Å². The molecule has 3 N–H and O–H groups in total. The predicted octanol–water partition coefficient (Wildman–Crippen LogP) is 1.81. The summed E-state index contributed by atoms with van der Waals surface area (Å²) in [6.45, 7) is 2.87. The van der Waals surface area contributed by atoms with E-state index in [1.807, 2.05) is 0 Å². The molecule has 3 aromatic rings. The molecule has 3 atom stereocenters. The van der Waals surface area contributed by atoms with Crippen LogP contribution in [0.5, 0.6) is 0 Å². The lowest BCUT2D eigenvalue weighted by molar-refractivity contribution is 0.0779. The van der Waals surface area contributed by atoms with Crippen molar-refractivity contribution in [3.8, 4) is 5.69 Å². The van der Waals surface area contributed by atoms with E-state index in [1.54, 1.807) is 42.2 Å². The molecule has 2 fully saturated rings. The zero-order valence-corrected chi connectivity index (χ0v) is 17.3. The number of likely N-dealkylation sites (tertiary alicyclic amines) is 1. The van der Waals surface area contributed by atoms with Crippen LogP contribution < -0.4 is 17.0 Å². The molecular formula is C21H23ClN4O4. The maximum absolute atomic E-state index is 13.4. The van der Waals surface area contributed by atoms with E-state index in [0.717, 1.165) is 17.4 Å². The van der Waals surface area contributed by atoms with Crippen LogP contribution in [0, 0.1) is 18.8 Å². The summed E-state index contributed by atoms with van der Waals surface area (Å²) in [6.07, 6.45) is 2.02. The topological polar surface area (TPSA) is 114 Å². The second-order valence-electron chi connectivity index (χ2n) is 8.02. The van der Waals surface area contributed by atoms with E-state index in [1.165, 1.54) is 0 Å². The molecule has 1 amide bonds. The summed E-state index contributed by atoms with van der Waals surface area (Å²) in [7, 11) is 0. The first-order valence-electron chi connectivity index (χ1n) is 9.84. The number of amides is 1. The van der Waals surface area contributed by atoms with Crippen molar-refractivity contribution < 1.29 is 9.21 Å². The fourth-order valence-electron chi connectivity index (χ4n) is 4.89. The number of carbonyl (C=O) groups is 1. The standard InChI is InChI=1S/C21H22N4O4.ClH/c1-11-16(19(26)24-9-12-7-8-15(22)14(12)10-24)17-18(29-11)23-21(28)25(20(17)27)13-5-3-2-4-6-13;/h2-6,12,14-15H,7-10,22H2,1H3,(H,23,28);1H. The van der Waals surface area contributed by atoms with Crippen LogP contribution in [-0.4, -0.2) is 39.5 Å². The Labute approximate surface area is 178 Å². The summed E-state index contributed by atoms with van der Waals surface area (Å²) < 4.78 is 6.64. The molecule has 2 aromatic heterocycles. The SMILES string of the molecule is Cc1oc2[nH]c(=O)n(-c3ccccc3)c(=O)c2c1C(=O)N1CC2CCC(N)C2C1.Cl. The molecule has 158 valence electrons. The summed E-state index contributed by atoms with van der Waals surface area (Å²) >= 11 is 0. The Kier molecular flexibility index (Phi) is 5.07. The van der Waals surface area contributed by atoms with Gasteiger partial charge in [-0.25, -0.2) is 9.36 Å². The summed E-state index contributed by atoms with van der Waals surface area (Å²) in [5, 5.41) is 0.109. The first kappa shape index (κ1) is 20.4. The molecule has 1 aromatic carbocycles. The molecule has 30 heavy (non-hydrogen) atoms. The normalized spacial score (nSPS) is 22.9. The van der Waals surface area contributed by atoms with E-state index in [4.69, 9.17) is 10.2 Å². The maximum atomic E-state index is 13.4. The van der Waals surface area contributed by atoms with Crippen LogP contribution >= 0.6 is 12.4 Å². The third kappa shape index (κ3) is 2.98.